The maximum Gasteiger partial charge on any atom is 0.343 e. The lowest BCUT2D eigenvalue weighted by Gasteiger charge is -2.12. The lowest BCUT2D eigenvalue weighted by molar-refractivity contribution is 0.0733. The van der Waals surface area contributed by atoms with Crippen LogP contribution in [0.1, 0.15) is 61.2 Å². The van der Waals surface area contributed by atoms with Crippen molar-refractivity contribution in [2.24, 2.45) is 0 Å². The highest BCUT2D eigenvalue weighted by molar-refractivity contribution is 5.91. The third-order valence-corrected chi connectivity index (χ3v) is 3.99. The van der Waals surface area contributed by atoms with Gasteiger partial charge in [-0.15, -0.1) is 0 Å². The Morgan fingerprint density at radius 2 is 1.67 bits per heavy atom. The molecule has 0 aromatic heterocycles. The molecule has 2 aromatic carbocycles. The van der Waals surface area contributed by atoms with Crippen molar-refractivity contribution in [3.8, 4) is 5.75 Å². The SMILES string of the molecule is CCCCc1ccc(C(=O)Oc2ccc(C(C)OCC)cc2)cc1. The summed E-state index contributed by atoms with van der Waals surface area (Å²) < 4.78 is 11.0. The number of hydrogen-bond acceptors (Lipinski definition) is 3. The van der Waals surface area contributed by atoms with E-state index in [0.29, 0.717) is 17.9 Å². The number of benzene rings is 2. The van der Waals surface area contributed by atoms with Gasteiger partial charge in [-0.05, 0) is 62.1 Å². The van der Waals surface area contributed by atoms with E-state index in [0.717, 1.165) is 18.4 Å². The number of unbranched alkanes of at least 4 members (excludes halogenated alkanes) is 1. The zero-order valence-electron chi connectivity index (χ0n) is 14.7. The molecule has 2 rings (SSSR count). The van der Waals surface area contributed by atoms with E-state index in [1.54, 1.807) is 12.1 Å². The highest BCUT2D eigenvalue weighted by Crippen LogP contribution is 2.21. The summed E-state index contributed by atoms with van der Waals surface area (Å²) in [5.41, 5.74) is 2.89. The van der Waals surface area contributed by atoms with Gasteiger partial charge < -0.3 is 9.47 Å². The second-order valence-electron chi connectivity index (χ2n) is 5.86. The number of hydrogen-bond donors (Lipinski definition) is 0. The zero-order valence-corrected chi connectivity index (χ0v) is 14.7. The summed E-state index contributed by atoms with van der Waals surface area (Å²) in [6.45, 7) is 6.82. The van der Waals surface area contributed by atoms with E-state index < -0.39 is 0 Å². The smallest absolute Gasteiger partial charge is 0.343 e. The van der Waals surface area contributed by atoms with Gasteiger partial charge in [0.2, 0.25) is 0 Å². The van der Waals surface area contributed by atoms with Gasteiger partial charge in [-0.3, -0.25) is 0 Å². The van der Waals surface area contributed by atoms with Gasteiger partial charge >= 0.3 is 5.97 Å². The van der Waals surface area contributed by atoms with Crippen molar-refractivity contribution >= 4 is 5.97 Å². The lowest BCUT2D eigenvalue weighted by atomic mass is 10.1. The normalized spacial score (nSPS) is 12.0. The van der Waals surface area contributed by atoms with Gasteiger partial charge in [0.1, 0.15) is 5.75 Å². The van der Waals surface area contributed by atoms with Crippen LogP contribution in [-0.2, 0) is 11.2 Å². The second-order valence-corrected chi connectivity index (χ2v) is 5.86. The fourth-order valence-electron chi connectivity index (χ4n) is 2.51. The Balaban J connectivity index is 1.96. The first-order chi connectivity index (χ1) is 11.6. The first-order valence-electron chi connectivity index (χ1n) is 8.66. The Hall–Kier alpha value is -2.13. The van der Waals surface area contributed by atoms with Crippen LogP contribution in [0.3, 0.4) is 0 Å². The van der Waals surface area contributed by atoms with Crippen LogP contribution in [0.4, 0.5) is 0 Å². The molecule has 24 heavy (non-hydrogen) atoms. The Labute approximate surface area is 144 Å². The zero-order chi connectivity index (χ0) is 17.4. The fraction of sp³-hybridized carbons (Fsp3) is 0.381. The van der Waals surface area contributed by atoms with Crippen molar-refractivity contribution in [2.45, 2.75) is 46.1 Å². The van der Waals surface area contributed by atoms with Gasteiger partial charge in [-0.25, -0.2) is 4.79 Å². The quantitative estimate of drug-likeness (QED) is 0.485. The van der Waals surface area contributed by atoms with Gasteiger partial charge in [0.05, 0.1) is 11.7 Å². The summed E-state index contributed by atoms with van der Waals surface area (Å²) in [5, 5.41) is 0. The van der Waals surface area contributed by atoms with Crippen LogP contribution in [0, 0.1) is 0 Å². The standard InChI is InChI=1S/C21H26O3/c1-4-6-7-17-8-10-19(11-9-17)21(22)24-20-14-12-18(13-15-20)16(3)23-5-2/h8-16H,4-7H2,1-3H3. The van der Waals surface area contributed by atoms with Crippen molar-refractivity contribution in [3.63, 3.8) is 0 Å². The molecule has 2 aromatic rings. The summed E-state index contributed by atoms with van der Waals surface area (Å²) in [6.07, 6.45) is 3.42. The Bertz CT molecular complexity index is 629. The molecule has 0 aliphatic rings. The maximum absolute atomic E-state index is 12.2. The molecule has 0 saturated carbocycles. The van der Waals surface area contributed by atoms with E-state index in [1.165, 1.54) is 12.0 Å². The van der Waals surface area contributed by atoms with E-state index in [2.05, 4.69) is 6.92 Å². The van der Waals surface area contributed by atoms with Crippen LogP contribution in [0.2, 0.25) is 0 Å². The van der Waals surface area contributed by atoms with E-state index in [-0.39, 0.29) is 12.1 Å². The summed E-state index contributed by atoms with van der Waals surface area (Å²) >= 11 is 0. The third kappa shape index (κ3) is 5.20. The van der Waals surface area contributed by atoms with Crippen LogP contribution in [0.15, 0.2) is 48.5 Å². The molecule has 0 aliphatic heterocycles. The van der Waals surface area contributed by atoms with Crippen LogP contribution in [-0.4, -0.2) is 12.6 Å². The third-order valence-electron chi connectivity index (χ3n) is 3.99. The molecule has 0 radical (unpaired) electrons. The molecule has 128 valence electrons. The predicted octanol–water partition coefficient (Wildman–Crippen LogP) is 5.35. The maximum atomic E-state index is 12.2. The minimum Gasteiger partial charge on any atom is -0.423 e. The largest absolute Gasteiger partial charge is 0.423 e. The average Bonchev–Trinajstić information content (AvgIpc) is 2.61. The molecule has 0 heterocycles. The van der Waals surface area contributed by atoms with Crippen LogP contribution in [0.25, 0.3) is 0 Å². The summed E-state index contributed by atoms with van der Waals surface area (Å²) in [6, 6.07) is 15.1. The predicted molar refractivity (Wildman–Crippen MR) is 96.5 cm³/mol. The molecule has 3 heteroatoms. The molecular weight excluding hydrogens is 300 g/mol. The van der Waals surface area contributed by atoms with Gasteiger partial charge in [0, 0.05) is 6.61 Å². The van der Waals surface area contributed by atoms with E-state index in [9.17, 15) is 4.79 Å². The molecule has 0 spiro atoms. The fourth-order valence-corrected chi connectivity index (χ4v) is 2.51. The minimum absolute atomic E-state index is 0.0374. The second kappa shape index (κ2) is 9.24. The highest BCUT2D eigenvalue weighted by atomic mass is 16.5. The van der Waals surface area contributed by atoms with Gasteiger partial charge in [-0.2, -0.15) is 0 Å². The lowest BCUT2D eigenvalue weighted by Crippen LogP contribution is -2.08. The van der Waals surface area contributed by atoms with Crippen LogP contribution >= 0.6 is 0 Å². The molecule has 0 N–H and O–H groups in total. The molecule has 0 bridgehead atoms. The first-order valence-corrected chi connectivity index (χ1v) is 8.66. The number of aryl methyl sites for hydroxylation is 1. The molecule has 1 unspecified atom stereocenters. The Kier molecular flexibility index (Phi) is 7.01. The summed E-state index contributed by atoms with van der Waals surface area (Å²) in [4.78, 5) is 12.2. The van der Waals surface area contributed by atoms with Crippen molar-refractivity contribution in [1.82, 2.24) is 0 Å². The van der Waals surface area contributed by atoms with Crippen molar-refractivity contribution in [3.05, 3.63) is 65.2 Å². The first kappa shape index (κ1) is 18.2. The van der Waals surface area contributed by atoms with Crippen molar-refractivity contribution in [2.75, 3.05) is 6.61 Å². The average molecular weight is 326 g/mol. The number of esters is 1. The van der Waals surface area contributed by atoms with E-state index in [1.807, 2.05) is 50.2 Å². The van der Waals surface area contributed by atoms with Crippen LogP contribution in [0.5, 0.6) is 5.75 Å². The molecule has 1 atom stereocenters. The van der Waals surface area contributed by atoms with E-state index >= 15 is 0 Å². The van der Waals surface area contributed by atoms with Gasteiger partial charge in [-0.1, -0.05) is 37.6 Å². The van der Waals surface area contributed by atoms with Crippen LogP contribution < -0.4 is 4.74 Å². The summed E-state index contributed by atoms with van der Waals surface area (Å²) in [5.74, 6) is 0.213. The van der Waals surface area contributed by atoms with E-state index in [4.69, 9.17) is 9.47 Å². The number of ether oxygens (including phenoxy) is 2. The topological polar surface area (TPSA) is 35.5 Å². The molecule has 3 nitrogen and oxygen atoms in total. The molecule has 0 saturated heterocycles. The molecule has 0 fully saturated rings. The summed E-state index contributed by atoms with van der Waals surface area (Å²) in [7, 11) is 0. The minimum atomic E-state index is -0.331. The Morgan fingerprint density at radius 1 is 1.00 bits per heavy atom. The Morgan fingerprint density at radius 3 is 2.25 bits per heavy atom. The van der Waals surface area contributed by atoms with Crippen molar-refractivity contribution in [1.29, 1.82) is 0 Å². The molecular formula is C21H26O3. The number of carbonyl (C=O) groups is 1. The highest BCUT2D eigenvalue weighted by Gasteiger charge is 2.10. The van der Waals surface area contributed by atoms with Gasteiger partial charge in [0.25, 0.3) is 0 Å². The van der Waals surface area contributed by atoms with Gasteiger partial charge in [0.15, 0.2) is 0 Å². The number of carbonyl (C=O) groups excluding carboxylic acids is 1. The molecule has 0 amide bonds. The van der Waals surface area contributed by atoms with Crippen molar-refractivity contribution < 1.29 is 14.3 Å². The monoisotopic (exact) mass is 326 g/mol. The molecule has 0 aliphatic carbocycles. The number of rotatable bonds is 8.